The lowest BCUT2D eigenvalue weighted by atomic mass is 9.94. The number of alkyl halides is 3. The Labute approximate surface area is 118 Å². The number of nitrogen functional groups attached to an aromatic ring is 1. The van der Waals surface area contributed by atoms with Crippen molar-refractivity contribution < 1.29 is 17.6 Å². The molecular weight excluding hydrogens is 294 g/mol. The zero-order valence-corrected chi connectivity index (χ0v) is 11.1. The van der Waals surface area contributed by atoms with Crippen LogP contribution in [0.3, 0.4) is 0 Å². The van der Waals surface area contributed by atoms with E-state index in [0.717, 1.165) is 0 Å². The number of anilines is 1. The molecule has 0 radical (unpaired) electrons. The van der Waals surface area contributed by atoms with Crippen LogP contribution in [0.15, 0.2) is 30.3 Å². The van der Waals surface area contributed by atoms with Crippen molar-refractivity contribution in [2.75, 3.05) is 5.73 Å². The number of benzene rings is 2. The van der Waals surface area contributed by atoms with Gasteiger partial charge in [-0.25, -0.2) is 4.39 Å². The maximum Gasteiger partial charge on any atom is 0.417 e. The highest BCUT2D eigenvalue weighted by molar-refractivity contribution is 6.33. The Hall–Kier alpha value is -1.75. The highest BCUT2D eigenvalue weighted by atomic mass is 35.5. The molecule has 0 aromatic heterocycles. The normalized spacial score (nSPS) is 11.7. The van der Waals surface area contributed by atoms with E-state index in [0.29, 0.717) is 0 Å². The predicted molar refractivity (Wildman–Crippen MR) is 71.0 cm³/mol. The second kappa shape index (κ2) is 4.98. The lowest BCUT2D eigenvalue weighted by molar-refractivity contribution is -0.137. The third-order valence-corrected chi connectivity index (χ3v) is 3.26. The van der Waals surface area contributed by atoms with Gasteiger partial charge in [-0.15, -0.1) is 0 Å². The van der Waals surface area contributed by atoms with Crippen molar-refractivity contribution in [2.24, 2.45) is 0 Å². The van der Waals surface area contributed by atoms with Gasteiger partial charge in [-0.05, 0) is 30.2 Å². The van der Waals surface area contributed by atoms with Crippen molar-refractivity contribution in [3.05, 3.63) is 52.3 Å². The summed E-state index contributed by atoms with van der Waals surface area (Å²) >= 11 is 5.85. The van der Waals surface area contributed by atoms with Crippen LogP contribution in [0.4, 0.5) is 23.2 Å². The number of hydrogen-bond donors (Lipinski definition) is 1. The van der Waals surface area contributed by atoms with E-state index < -0.39 is 17.6 Å². The lowest BCUT2D eigenvalue weighted by Gasteiger charge is -2.17. The minimum Gasteiger partial charge on any atom is -0.396 e. The Bertz CT molecular complexity index is 665. The third-order valence-electron chi connectivity index (χ3n) is 2.95. The summed E-state index contributed by atoms with van der Waals surface area (Å²) < 4.78 is 53.6. The quantitative estimate of drug-likeness (QED) is 0.578. The predicted octanol–water partition coefficient (Wildman–Crippen LogP) is 5.06. The molecule has 106 valence electrons. The van der Waals surface area contributed by atoms with E-state index in [-0.39, 0.29) is 27.4 Å². The first-order valence-electron chi connectivity index (χ1n) is 5.64. The molecule has 0 atom stereocenters. The Morgan fingerprint density at radius 2 is 1.75 bits per heavy atom. The highest BCUT2D eigenvalue weighted by Crippen LogP contribution is 2.43. The van der Waals surface area contributed by atoms with E-state index in [1.807, 2.05) is 0 Å². The van der Waals surface area contributed by atoms with Crippen LogP contribution in [-0.4, -0.2) is 0 Å². The van der Waals surface area contributed by atoms with E-state index in [9.17, 15) is 17.6 Å². The zero-order valence-electron chi connectivity index (χ0n) is 10.4. The first kappa shape index (κ1) is 14.7. The molecule has 0 saturated carbocycles. The second-order valence-electron chi connectivity index (χ2n) is 4.32. The SMILES string of the molecule is Cc1cccc(-c2c(Cl)ccc(N)c2F)c1C(F)(F)F. The maximum atomic E-state index is 14.1. The van der Waals surface area contributed by atoms with Crippen molar-refractivity contribution >= 4 is 17.3 Å². The van der Waals surface area contributed by atoms with Gasteiger partial charge in [-0.1, -0.05) is 29.8 Å². The molecule has 20 heavy (non-hydrogen) atoms. The Balaban J connectivity index is 2.85. The van der Waals surface area contributed by atoms with Gasteiger partial charge in [0.15, 0.2) is 5.82 Å². The molecule has 0 fully saturated rings. The van der Waals surface area contributed by atoms with E-state index >= 15 is 0 Å². The fourth-order valence-electron chi connectivity index (χ4n) is 2.07. The number of nitrogens with two attached hydrogens (primary N) is 1. The van der Waals surface area contributed by atoms with Gasteiger partial charge in [-0.2, -0.15) is 13.2 Å². The summed E-state index contributed by atoms with van der Waals surface area (Å²) in [5.74, 6) is -0.950. The summed E-state index contributed by atoms with van der Waals surface area (Å²) in [6.45, 7) is 1.31. The molecule has 2 rings (SSSR count). The van der Waals surface area contributed by atoms with Gasteiger partial charge >= 0.3 is 6.18 Å². The number of halogens is 5. The fraction of sp³-hybridized carbons (Fsp3) is 0.143. The van der Waals surface area contributed by atoms with Gasteiger partial charge in [0.25, 0.3) is 0 Å². The molecule has 0 bridgehead atoms. The van der Waals surface area contributed by atoms with Crippen LogP contribution in [0, 0.1) is 12.7 Å². The smallest absolute Gasteiger partial charge is 0.396 e. The molecule has 0 spiro atoms. The van der Waals surface area contributed by atoms with Crippen LogP contribution in [0.25, 0.3) is 11.1 Å². The Morgan fingerprint density at radius 1 is 1.10 bits per heavy atom. The molecule has 0 heterocycles. The van der Waals surface area contributed by atoms with Crippen molar-refractivity contribution in [3.63, 3.8) is 0 Å². The summed E-state index contributed by atoms with van der Waals surface area (Å²) in [6, 6.07) is 6.39. The molecule has 2 aromatic rings. The van der Waals surface area contributed by atoms with Gasteiger partial charge < -0.3 is 5.73 Å². The van der Waals surface area contributed by atoms with Gasteiger partial charge in [0.05, 0.1) is 16.3 Å². The van der Waals surface area contributed by atoms with E-state index in [1.54, 1.807) is 0 Å². The van der Waals surface area contributed by atoms with Gasteiger partial charge in [-0.3, -0.25) is 0 Å². The standard InChI is InChI=1S/C14H10ClF4N/c1-7-3-2-4-8(12(7)14(17,18)19)11-9(15)5-6-10(20)13(11)16/h2-6H,20H2,1H3. The summed E-state index contributed by atoms with van der Waals surface area (Å²) in [5, 5.41) is -0.118. The summed E-state index contributed by atoms with van der Waals surface area (Å²) in [4.78, 5) is 0. The molecule has 0 aliphatic heterocycles. The van der Waals surface area contributed by atoms with Gasteiger partial charge in [0.2, 0.25) is 0 Å². The molecule has 0 aliphatic rings. The van der Waals surface area contributed by atoms with Crippen LogP contribution < -0.4 is 5.73 Å². The van der Waals surface area contributed by atoms with E-state index in [2.05, 4.69) is 0 Å². The molecule has 6 heteroatoms. The van der Waals surface area contributed by atoms with E-state index in [1.165, 1.54) is 37.3 Å². The Kier molecular flexibility index (Phi) is 3.65. The van der Waals surface area contributed by atoms with Crippen LogP contribution in [0.1, 0.15) is 11.1 Å². The molecule has 0 aliphatic carbocycles. The molecule has 0 unspecified atom stereocenters. The average Bonchev–Trinajstić information content (AvgIpc) is 2.33. The first-order chi connectivity index (χ1) is 9.23. The monoisotopic (exact) mass is 303 g/mol. The minimum atomic E-state index is -4.61. The summed E-state index contributed by atoms with van der Waals surface area (Å²) in [7, 11) is 0. The number of rotatable bonds is 1. The van der Waals surface area contributed by atoms with Crippen LogP contribution in [0.2, 0.25) is 5.02 Å². The molecular formula is C14H10ClF4N. The molecule has 2 aromatic carbocycles. The molecule has 0 saturated heterocycles. The second-order valence-corrected chi connectivity index (χ2v) is 4.73. The average molecular weight is 304 g/mol. The summed E-state index contributed by atoms with van der Waals surface area (Å²) in [6.07, 6.45) is -4.61. The molecule has 2 N–H and O–H groups in total. The number of hydrogen-bond acceptors (Lipinski definition) is 1. The maximum absolute atomic E-state index is 14.1. The van der Waals surface area contributed by atoms with Crippen LogP contribution in [-0.2, 0) is 6.18 Å². The van der Waals surface area contributed by atoms with Crippen molar-refractivity contribution in [1.29, 1.82) is 0 Å². The minimum absolute atomic E-state index is 0.00658. The molecule has 1 nitrogen and oxygen atoms in total. The van der Waals surface area contributed by atoms with Crippen molar-refractivity contribution in [1.82, 2.24) is 0 Å². The van der Waals surface area contributed by atoms with Gasteiger partial charge in [0.1, 0.15) is 0 Å². The van der Waals surface area contributed by atoms with E-state index in [4.69, 9.17) is 17.3 Å². The largest absolute Gasteiger partial charge is 0.417 e. The zero-order chi connectivity index (χ0) is 15.1. The molecule has 0 amide bonds. The van der Waals surface area contributed by atoms with Crippen LogP contribution >= 0.6 is 11.6 Å². The lowest BCUT2D eigenvalue weighted by Crippen LogP contribution is -2.10. The first-order valence-corrected chi connectivity index (χ1v) is 6.02. The summed E-state index contributed by atoms with van der Waals surface area (Å²) in [5.41, 5.74) is 3.60. The van der Waals surface area contributed by atoms with Gasteiger partial charge in [0, 0.05) is 5.56 Å². The highest BCUT2D eigenvalue weighted by Gasteiger charge is 2.36. The third kappa shape index (κ3) is 2.45. The fourth-order valence-corrected chi connectivity index (χ4v) is 2.32. The van der Waals surface area contributed by atoms with Crippen molar-refractivity contribution in [3.8, 4) is 11.1 Å². The number of aryl methyl sites for hydroxylation is 1. The topological polar surface area (TPSA) is 26.0 Å². The van der Waals surface area contributed by atoms with Crippen molar-refractivity contribution in [2.45, 2.75) is 13.1 Å². The van der Waals surface area contributed by atoms with Crippen LogP contribution in [0.5, 0.6) is 0 Å². The Morgan fingerprint density at radius 3 is 2.35 bits per heavy atom.